The van der Waals surface area contributed by atoms with E-state index >= 15 is 0 Å². The van der Waals surface area contributed by atoms with Gasteiger partial charge in [-0.15, -0.1) is 0 Å². The molecule has 4 N–H and O–H groups in total. The van der Waals surface area contributed by atoms with Gasteiger partial charge < -0.3 is 10.7 Å². The van der Waals surface area contributed by atoms with Crippen LogP contribution in [0, 0.1) is 0 Å². The first-order chi connectivity index (χ1) is 8.28. The average molecular weight is 235 g/mol. The van der Waals surface area contributed by atoms with E-state index in [0.717, 1.165) is 31.6 Å². The molecule has 1 fully saturated rings. The molecule has 2 heterocycles. The maximum Gasteiger partial charge on any atom is 0.234 e. The summed E-state index contributed by atoms with van der Waals surface area (Å²) in [5.74, 6) is 5.98. The zero-order chi connectivity index (χ0) is 12.1. The van der Waals surface area contributed by atoms with Crippen molar-refractivity contribution in [3.05, 3.63) is 23.9 Å². The first-order valence-corrected chi connectivity index (χ1v) is 5.68. The lowest BCUT2D eigenvalue weighted by molar-refractivity contribution is -0.121. The molecule has 1 aromatic heterocycles. The molecule has 0 aliphatic carbocycles. The molecule has 0 bridgehead atoms. The van der Waals surface area contributed by atoms with E-state index in [-0.39, 0.29) is 5.91 Å². The monoisotopic (exact) mass is 235 g/mol. The molecule has 0 atom stereocenters. The lowest BCUT2D eigenvalue weighted by atomic mass is 10.2. The van der Waals surface area contributed by atoms with Gasteiger partial charge in [-0.3, -0.25) is 9.69 Å². The summed E-state index contributed by atoms with van der Waals surface area (Å²) in [5.41, 5.74) is 3.57. The number of hydrogen-bond acceptors (Lipinski definition) is 5. The van der Waals surface area contributed by atoms with E-state index in [1.165, 1.54) is 0 Å². The van der Waals surface area contributed by atoms with Crippen molar-refractivity contribution < 1.29 is 4.79 Å². The molecule has 0 radical (unpaired) electrons. The van der Waals surface area contributed by atoms with E-state index in [0.29, 0.717) is 12.4 Å². The third kappa shape index (κ3) is 3.40. The van der Waals surface area contributed by atoms with Crippen LogP contribution in [0.5, 0.6) is 0 Å². The minimum atomic E-state index is 0.0932. The fourth-order valence-electron chi connectivity index (χ4n) is 1.87. The van der Waals surface area contributed by atoms with Crippen LogP contribution < -0.4 is 16.6 Å². The van der Waals surface area contributed by atoms with E-state index in [4.69, 9.17) is 5.84 Å². The number of carbonyl (C=O) groups is 1. The minimum absolute atomic E-state index is 0.0932. The molecule has 1 amide bonds. The zero-order valence-corrected chi connectivity index (χ0v) is 9.65. The Hall–Kier alpha value is -1.66. The molecule has 0 aromatic carbocycles. The molecule has 2 rings (SSSR count). The van der Waals surface area contributed by atoms with Crippen molar-refractivity contribution in [1.29, 1.82) is 0 Å². The van der Waals surface area contributed by atoms with Crippen LogP contribution in [-0.4, -0.2) is 35.4 Å². The molecule has 0 spiro atoms. The predicted octanol–water partition coefficient (Wildman–Crippen LogP) is -0.311. The smallest absolute Gasteiger partial charge is 0.234 e. The van der Waals surface area contributed by atoms with Gasteiger partial charge in [0.2, 0.25) is 5.91 Å². The van der Waals surface area contributed by atoms with Crippen molar-refractivity contribution >= 4 is 11.7 Å². The van der Waals surface area contributed by atoms with Crippen molar-refractivity contribution in [3.8, 4) is 0 Å². The van der Waals surface area contributed by atoms with Gasteiger partial charge in [0.05, 0.1) is 6.54 Å². The second-order valence-corrected chi connectivity index (χ2v) is 4.11. The summed E-state index contributed by atoms with van der Waals surface area (Å²) in [6.45, 7) is 2.89. The Labute approximate surface area is 100 Å². The molecule has 1 aromatic rings. The van der Waals surface area contributed by atoms with E-state index in [1.54, 1.807) is 6.20 Å². The summed E-state index contributed by atoms with van der Waals surface area (Å²) in [6, 6.07) is 3.79. The second kappa shape index (κ2) is 5.60. The van der Waals surface area contributed by atoms with Crippen LogP contribution in [0.15, 0.2) is 18.3 Å². The van der Waals surface area contributed by atoms with Gasteiger partial charge in [0, 0.05) is 25.8 Å². The first-order valence-electron chi connectivity index (χ1n) is 5.68. The summed E-state index contributed by atoms with van der Waals surface area (Å²) >= 11 is 0. The van der Waals surface area contributed by atoms with Crippen molar-refractivity contribution in [2.24, 2.45) is 5.84 Å². The van der Waals surface area contributed by atoms with Crippen molar-refractivity contribution in [1.82, 2.24) is 15.2 Å². The molecular formula is C11H17N5O. The van der Waals surface area contributed by atoms with E-state index in [9.17, 15) is 4.79 Å². The SMILES string of the molecule is NNc1ccc(CN2CCCNC(=O)C2)cn1. The number of pyridine rings is 1. The van der Waals surface area contributed by atoms with Crippen LogP contribution in [0.1, 0.15) is 12.0 Å². The number of nitrogens with one attached hydrogen (secondary N) is 2. The molecule has 6 nitrogen and oxygen atoms in total. The number of nitrogens with zero attached hydrogens (tertiary/aromatic N) is 2. The molecule has 0 saturated carbocycles. The fraction of sp³-hybridized carbons (Fsp3) is 0.455. The summed E-state index contributed by atoms with van der Waals surface area (Å²) in [4.78, 5) is 17.7. The van der Waals surface area contributed by atoms with Gasteiger partial charge in [0.25, 0.3) is 0 Å². The standard InChI is InChI=1S/C11H17N5O/c12-15-10-3-2-9(6-14-10)7-16-5-1-4-13-11(17)8-16/h2-3,6H,1,4-5,7-8,12H2,(H,13,17)(H,14,15). The Kier molecular flexibility index (Phi) is 3.89. The molecule has 17 heavy (non-hydrogen) atoms. The topological polar surface area (TPSA) is 83.3 Å². The zero-order valence-electron chi connectivity index (χ0n) is 9.65. The fourth-order valence-corrected chi connectivity index (χ4v) is 1.87. The van der Waals surface area contributed by atoms with Crippen molar-refractivity contribution in [3.63, 3.8) is 0 Å². The number of nitrogen functional groups attached to an aromatic ring is 1. The van der Waals surface area contributed by atoms with Crippen LogP contribution in [0.3, 0.4) is 0 Å². The van der Waals surface area contributed by atoms with Gasteiger partial charge in [0.15, 0.2) is 0 Å². The number of aromatic nitrogens is 1. The number of carbonyl (C=O) groups excluding carboxylic acids is 1. The average Bonchev–Trinajstić information content (AvgIpc) is 2.55. The van der Waals surface area contributed by atoms with Crippen LogP contribution in [-0.2, 0) is 11.3 Å². The molecule has 1 aliphatic rings. The number of hydrazine groups is 1. The maximum absolute atomic E-state index is 11.4. The normalized spacial score (nSPS) is 17.4. The highest BCUT2D eigenvalue weighted by molar-refractivity contribution is 5.78. The molecule has 92 valence electrons. The van der Waals surface area contributed by atoms with Crippen LogP contribution in [0.25, 0.3) is 0 Å². The van der Waals surface area contributed by atoms with Crippen molar-refractivity contribution in [2.45, 2.75) is 13.0 Å². The summed E-state index contributed by atoms with van der Waals surface area (Å²) in [7, 11) is 0. The quantitative estimate of drug-likeness (QED) is 0.494. The third-order valence-electron chi connectivity index (χ3n) is 2.72. The Morgan fingerprint density at radius 2 is 2.41 bits per heavy atom. The largest absolute Gasteiger partial charge is 0.355 e. The summed E-state index contributed by atoms with van der Waals surface area (Å²) < 4.78 is 0. The Balaban J connectivity index is 1.96. The lowest BCUT2D eigenvalue weighted by Gasteiger charge is -2.18. The van der Waals surface area contributed by atoms with Gasteiger partial charge in [-0.25, -0.2) is 10.8 Å². The Morgan fingerprint density at radius 1 is 1.53 bits per heavy atom. The first kappa shape index (κ1) is 11.8. The van der Waals surface area contributed by atoms with Gasteiger partial charge in [0.1, 0.15) is 5.82 Å². The van der Waals surface area contributed by atoms with Crippen LogP contribution in [0.2, 0.25) is 0 Å². The van der Waals surface area contributed by atoms with Gasteiger partial charge in [-0.2, -0.15) is 0 Å². The summed E-state index contributed by atoms with van der Waals surface area (Å²) in [6.07, 6.45) is 2.76. The number of rotatable bonds is 3. The number of hydrogen-bond donors (Lipinski definition) is 3. The lowest BCUT2D eigenvalue weighted by Crippen LogP contribution is -2.32. The van der Waals surface area contributed by atoms with E-state index in [1.807, 2.05) is 12.1 Å². The molecule has 1 saturated heterocycles. The van der Waals surface area contributed by atoms with Gasteiger partial charge in [-0.05, 0) is 18.1 Å². The molecule has 6 heteroatoms. The third-order valence-corrected chi connectivity index (χ3v) is 2.72. The molecular weight excluding hydrogens is 218 g/mol. The van der Waals surface area contributed by atoms with E-state index in [2.05, 4.69) is 20.6 Å². The molecule has 1 aliphatic heterocycles. The predicted molar refractivity (Wildman–Crippen MR) is 65.0 cm³/mol. The number of anilines is 1. The van der Waals surface area contributed by atoms with Gasteiger partial charge in [-0.1, -0.05) is 6.07 Å². The van der Waals surface area contributed by atoms with Gasteiger partial charge >= 0.3 is 0 Å². The van der Waals surface area contributed by atoms with Crippen molar-refractivity contribution in [2.75, 3.05) is 25.1 Å². The highest BCUT2D eigenvalue weighted by Gasteiger charge is 2.14. The van der Waals surface area contributed by atoms with Crippen LogP contribution in [0.4, 0.5) is 5.82 Å². The van der Waals surface area contributed by atoms with Crippen LogP contribution >= 0.6 is 0 Å². The number of nitrogens with two attached hydrogens (primary N) is 1. The Morgan fingerprint density at radius 3 is 3.12 bits per heavy atom. The minimum Gasteiger partial charge on any atom is -0.355 e. The molecule has 0 unspecified atom stereocenters. The second-order valence-electron chi connectivity index (χ2n) is 4.11. The highest BCUT2D eigenvalue weighted by Crippen LogP contribution is 2.08. The Bertz CT molecular complexity index is 378. The summed E-state index contributed by atoms with van der Waals surface area (Å²) in [5, 5.41) is 2.86. The maximum atomic E-state index is 11.4. The van der Waals surface area contributed by atoms with E-state index < -0.39 is 0 Å². The highest BCUT2D eigenvalue weighted by atomic mass is 16.2. The number of amides is 1.